The second-order valence-electron chi connectivity index (χ2n) is 8.49. The van der Waals surface area contributed by atoms with Crippen LogP contribution in [-0.4, -0.2) is 72.9 Å². The molecule has 0 bridgehead atoms. The van der Waals surface area contributed by atoms with Crippen molar-refractivity contribution in [3.05, 3.63) is 66.5 Å². The van der Waals surface area contributed by atoms with E-state index in [4.69, 9.17) is 9.47 Å². The van der Waals surface area contributed by atoms with Crippen molar-refractivity contribution < 1.29 is 14.3 Å². The lowest BCUT2D eigenvalue weighted by Crippen LogP contribution is -2.44. The summed E-state index contributed by atoms with van der Waals surface area (Å²) in [5.41, 5.74) is 4.39. The average molecular weight is 473 g/mol. The number of hydrogen-bond acceptors (Lipinski definition) is 7. The van der Waals surface area contributed by atoms with Crippen molar-refractivity contribution in [1.29, 1.82) is 0 Å². The number of rotatable bonds is 6. The van der Waals surface area contributed by atoms with E-state index < -0.39 is 0 Å². The van der Waals surface area contributed by atoms with Crippen molar-refractivity contribution in [2.75, 3.05) is 57.7 Å². The van der Waals surface area contributed by atoms with Crippen LogP contribution in [0.25, 0.3) is 16.9 Å². The van der Waals surface area contributed by atoms with Gasteiger partial charge in [-0.1, -0.05) is 0 Å². The molecule has 9 heteroatoms. The largest absolute Gasteiger partial charge is 0.493 e. The van der Waals surface area contributed by atoms with Gasteiger partial charge in [-0.15, -0.1) is 0 Å². The van der Waals surface area contributed by atoms with E-state index in [1.165, 1.54) is 0 Å². The van der Waals surface area contributed by atoms with E-state index in [0.29, 0.717) is 17.1 Å². The Morgan fingerprint density at radius 2 is 1.66 bits per heavy atom. The standard InChI is InChI=1S/C26H28N6O3/c1-30-12-14-31(15-13-30)20-7-5-19(6-8-20)28-26(33)21-17-25-27-11-10-22(32(25)29-21)18-4-9-23(34-2)24(16-18)35-3/h4-11,16-17H,12-15H2,1-3H3,(H,28,33). The summed E-state index contributed by atoms with van der Waals surface area (Å²) < 4.78 is 12.4. The highest BCUT2D eigenvalue weighted by Crippen LogP contribution is 2.32. The van der Waals surface area contributed by atoms with Gasteiger partial charge in [-0.3, -0.25) is 4.79 Å². The second-order valence-corrected chi connectivity index (χ2v) is 8.49. The minimum atomic E-state index is -0.291. The summed E-state index contributed by atoms with van der Waals surface area (Å²) in [6.45, 7) is 4.09. The van der Waals surface area contributed by atoms with E-state index in [0.717, 1.165) is 48.8 Å². The van der Waals surface area contributed by atoms with Gasteiger partial charge in [0.15, 0.2) is 22.8 Å². The summed E-state index contributed by atoms with van der Waals surface area (Å²) in [6, 6.07) is 17.1. The van der Waals surface area contributed by atoms with Crippen LogP contribution in [0.1, 0.15) is 10.5 Å². The maximum absolute atomic E-state index is 13.0. The van der Waals surface area contributed by atoms with E-state index in [1.807, 2.05) is 48.5 Å². The molecule has 180 valence electrons. The normalized spacial score (nSPS) is 14.2. The molecule has 35 heavy (non-hydrogen) atoms. The molecule has 0 aliphatic carbocycles. The molecule has 0 spiro atoms. The highest BCUT2D eigenvalue weighted by molar-refractivity contribution is 6.03. The minimum absolute atomic E-state index is 0.286. The van der Waals surface area contributed by atoms with Crippen LogP contribution < -0.4 is 19.7 Å². The Labute approximate surface area is 203 Å². The van der Waals surface area contributed by atoms with E-state index in [9.17, 15) is 4.79 Å². The lowest BCUT2D eigenvalue weighted by atomic mass is 10.1. The minimum Gasteiger partial charge on any atom is -0.493 e. The van der Waals surface area contributed by atoms with Gasteiger partial charge in [0.25, 0.3) is 5.91 Å². The fourth-order valence-electron chi connectivity index (χ4n) is 4.24. The molecule has 3 heterocycles. The molecule has 1 aliphatic heterocycles. The number of benzene rings is 2. The molecule has 0 radical (unpaired) electrons. The predicted molar refractivity (Wildman–Crippen MR) is 136 cm³/mol. The molecule has 1 amide bonds. The molecular formula is C26H28N6O3. The summed E-state index contributed by atoms with van der Waals surface area (Å²) in [5, 5.41) is 7.48. The maximum Gasteiger partial charge on any atom is 0.276 e. The first-order valence-corrected chi connectivity index (χ1v) is 11.5. The highest BCUT2D eigenvalue weighted by atomic mass is 16.5. The van der Waals surface area contributed by atoms with Gasteiger partial charge in [0, 0.05) is 55.4 Å². The van der Waals surface area contributed by atoms with Crippen molar-refractivity contribution in [1.82, 2.24) is 19.5 Å². The third kappa shape index (κ3) is 4.63. The van der Waals surface area contributed by atoms with Crippen molar-refractivity contribution >= 4 is 22.9 Å². The van der Waals surface area contributed by atoms with Gasteiger partial charge in [-0.2, -0.15) is 5.10 Å². The molecule has 0 unspecified atom stereocenters. The molecule has 9 nitrogen and oxygen atoms in total. The molecule has 4 aromatic rings. The molecule has 1 N–H and O–H groups in total. The molecule has 0 saturated carbocycles. The number of likely N-dealkylation sites (N-methyl/N-ethyl adjacent to an activating group) is 1. The zero-order valence-electron chi connectivity index (χ0n) is 20.1. The first-order valence-electron chi connectivity index (χ1n) is 11.5. The van der Waals surface area contributed by atoms with E-state index in [-0.39, 0.29) is 11.6 Å². The SMILES string of the molecule is COc1ccc(-c2ccnc3cc(C(=O)Nc4ccc(N5CCN(C)CC5)cc4)nn23)cc1OC. The number of ether oxygens (including phenoxy) is 2. The topological polar surface area (TPSA) is 84.2 Å². The zero-order valence-corrected chi connectivity index (χ0v) is 20.1. The molecule has 5 rings (SSSR count). The molecular weight excluding hydrogens is 444 g/mol. The van der Waals surface area contributed by atoms with Crippen molar-refractivity contribution in [3.8, 4) is 22.8 Å². The average Bonchev–Trinajstić information content (AvgIpc) is 3.34. The number of hydrogen-bond donors (Lipinski definition) is 1. The number of carbonyl (C=O) groups excluding carboxylic acids is 1. The smallest absolute Gasteiger partial charge is 0.276 e. The Bertz CT molecular complexity index is 1340. The van der Waals surface area contributed by atoms with Crippen LogP contribution in [0.2, 0.25) is 0 Å². The lowest BCUT2D eigenvalue weighted by molar-refractivity contribution is 0.102. The summed E-state index contributed by atoms with van der Waals surface area (Å²) in [5.74, 6) is 0.960. The summed E-state index contributed by atoms with van der Waals surface area (Å²) in [7, 11) is 5.33. The number of methoxy groups -OCH3 is 2. The predicted octanol–water partition coefficient (Wildman–Crippen LogP) is 3.42. The summed E-state index contributed by atoms with van der Waals surface area (Å²) >= 11 is 0. The van der Waals surface area contributed by atoms with Gasteiger partial charge in [-0.25, -0.2) is 9.50 Å². The number of nitrogens with zero attached hydrogens (tertiary/aromatic N) is 5. The van der Waals surface area contributed by atoms with Gasteiger partial charge >= 0.3 is 0 Å². The van der Waals surface area contributed by atoms with Crippen LogP contribution in [-0.2, 0) is 0 Å². The molecule has 0 atom stereocenters. The number of aromatic nitrogens is 3. The van der Waals surface area contributed by atoms with Crippen molar-refractivity contribution in [3.63, 3.8) is 0 Å². The van der Waals surface area contributed by atoms with Gasteiger partial charge < -0.3 is 24.6 Å². The fraction of sp³-hybridized carbons (Fsp3) is 0.269. The number of anilines is 2. The van der Waals surface area contributed by atoms with Crippen LogP contribution in [0.4, 0.5) is 11.4 Å². The monoisotopic (exact) mass is 472 g/mol. The molecule has 2 aromatic heterocycles. The molecule has 1 fully saturated rings. The van der Waals surface area contributed by atoms with Gasteiger partial charge in [0.1, 0.15) is 0 Å². The third-order valence-corrected chi connectivity index (χ3v) is 6.26. The summed E-state index contributed by atoms with van der Waals surface area (Å²) in [4.78, 5) is 22.0. The van der Waals surface area contributed by atoms with Crippen LogP contribution in [0.3, 0.4) is 0 Å². The zero-order chi connectivity index (χ0) is 24.4. The summed E-state index contributed by atoms with van der Waals surface area (Å²) in [6.07, 6.45) is 1.70. The van der Waals surface area contributed by atoms with Crippen LogP contribution >= 0.6 is 0 Å². The molecule has 1 saturated heterocycles. The van der Waals surface area contributed by atoms with Gasteiger partial charge in [0.2, 0.25) is 0 Å². The Kier molecular flexibility index (Phi) is 6.24. The third-order valence-electron chi connectivity index (χ3n) is 6.26. The molecule has 2 aromatic carbocycles. The number of piperazine rings is 1. The molecule has 1 aliphatic rings. The van der Waals surface area contributed by atoms with Crippen molar-refractivity contribution in [2.45, 2.75) is 0 Å². The first-order chi connectivity index (χ1) is 17.1. The van der Waals surface area contributed by atoms with E-state index in [1.54, 1.807) is 31.0 Å². The number of fused-ring (bicyclic) bond motifs is 1. The number of carbonyl (C=O) groups is 1. The van der Waals surface area contributed by atoms with Crippen LogP contribution in [0, 0.1) is 0 Å². The Morgan fingerprint density at radius 1 is 0.914 bits per heavy atom. The Morgan fingerprint density at radius 3 is 2.37 bits per heavy atom. The van der Waals surface area contributed by atoms with Gasteiger partial charge in [-0.05, 0) is 55.6 Å². The Balaban J connectivity index is 1.36. The number of amides is 1. The van der Waals surface area contributed by atoms with Crippen molar-refractivity contribution in [2.24, 2.45) is 0 Å². The van der Waals surface area contributed by atoms with Crippen LogP contribution in [0.5, 0.6) is 11.5 Å². The second kappa shape index (κ2) is 9.63. The van der Waals surface area contributed by atoms with Crippen LogP contribution in [0.15, 0.2) is 60.8 Å². The van der Waals surface area contributed by atoms with E-state index >= 15 is 0 Å². The maximum atomic E-state index is 13.0. The number of nitrogens with one attached hydrogen (secondary N) is 1. The van der Waals surface area contributed by atoms with E-state index in [2.05, 4.69) is 32.2 Å². The lowest BCUT2D eigenvalue weighted by Gasteiger charge is -2.34. The highest BCUT2D eigenvalue weighted by Gasteiger charge is 2.17. The quantitative estimate of drug-likeness (QED) is 0.460. The van der Waals surface area contributed by atoms with Gasteiger partial charge in [0.05, 0.1) is 19.9 Å². The first kappa shape index (κ1) is 22.7. The fourth-order valence-corrected chi connectivity index (χ4v) is 4.24. The Hall–Kier alpha value is -4.11.